The Bertz CT molecular complexity index is 565. The third-order valence-electron chi connectivity index (χ3n) is 4.15. The lowest BCUT2D eigenvalue weighted by atomic mass is 10.0. The minimum absolute atomic E-state index is 0.247. The zero-order valence-electron chi connectivity index (χ0n) is 12.7. The summed E-state index contributed by atoms with van der Waals surface area (Å²) in [5.41, 5.74) is 0. The van der Waals surface area contributed by atoms with Crippen LogP contribution in [0.3, 0.4) is 0 Å². The molecule has 7 nitrogen and oxygen atoms in total. The number of rotatable bonds is 6. The Kier molecular flexibility index (Phi) is 4.82. The minimum atomic E-state index is 0.247. The van der Waals surface area contributed by atoms with Gasteiger partial charge in [0.05, 0.1) is 12.6 Å². The standard InChI is InChI=1S/C15H22N6O/c22-15(6-3-8-20-13-16-12-18-20)21-10-2-1-5-14(21)11-19-9-4-7-17-19/h4,7,9,12-14H,1-3,5-6,8,10-11H2/t14-/m1/s1. The molecule has 0 N–H and O–H groups in total. The molecule has 0 spiro atoms. The third kappa shape index (κ3) is 3.72. The quantitative estimate of drug-likeness (QED) is 0.807. The first kappa shape index (κ1) is 14.7. The molecule has 1 amide bonds. The van der Waals surface area contributed by atoms with Crippen LogP contribution in [-0.4, -0.2) is 47.9 Å². The van der Waals surface area contributed by atoms with Crippen molar-refractivity contribution >= 4 is 5.91 Å². The third-order valence-corrected chi connectivity index (χ3v) is 4.15. The van der Waals surface area contributed by atoms with Gasteiger partial charge >= 0.3 is 0 Å². The van der Waals surface area contributed by atoms with Crippen LogP contribution < -0.4 is 0 Å². The highest BCUT2D eigenvalue weighted by atomic mass is 16.2. The summed E-state index contributed by atoms with van der Waals surface area (Å²) in [6.07, 6.45) is 11.7. The Morgan fingerprint density at radius 2 is 2.18 bits per heavy atom. The first-order valence-corrected chi connectivity index (χ1v) is 7.92. The fourth-order valence-electron chi connectivity index (χ4n) is 3.03. The summed E-state index contributed by atoms with van der Waals surface area (Å²) < 4.78 is 3.69. The number of carbonyl (C=O) groups excluding carboxylic acids is 1. The van der Waals surface area contributed by atoms with Gasteiger partial charge in [-0.05, 0) is 31.7 Å². The van der Waals surface area contributed by atoms with E-state index < -0.39 is 0 Å². The van der Waals surface area contributed by atoms with Crippen LogP contribution in [0.2, 0.25) is 0 Å². The summed E-state index contributed by atoms with van der Waals surface area (Å²) in [7, 11) is 0. The Morgan fingerprint density at radius 1 is 1.23 bits per heavy atom. The molecule has 1 aliphatic rings. The molecular formula is C15H22N6O. The molecule has 0 unspecified atom stereocenters. The summed E-state index contributed by atoms with van der Waals surface area (Å²) in [4.78, 5) is 18.5. The molecule has 0 radical (unpaired) electrons. The van der Waals surface area contributed by atoms with Gasteiger partial charge in [0.15, 0.2) is 0 Å². The molecular weight excluding hydrogens is 280 g/mol. The molecule has 1 fully saturated rings. The topological polar surface area (TPSA) is 68.8 Å². The fourth-order valence-corrected chi connectivity index (χ4v) is 3.03. The van der Waals surface area contributed by atoms with Crippen LogP contribution >= 0.6 is 0 Å². The average molecular weight is 302 g/mol. The number of hydrogen-bond acceptors (Lipinski definition) is 4. The number of aryl methyl sites for hydroxylation is 1. The number of amides is 1. The molecule has 2 aromatic rings. The Balaban J connectivity index is 1.52. The molecule has 7 heteroatoms. The van der Waals surface area contributed by atoms with Crippen molar-refractivity contribution in [3.8, 4) is 0 Å². The predicted molar refractivity (Wildman–Crippen MR) is 80.8 cm³/mol. The van der Waals surface area contributed by atoms with Gasteiger partial charge in [-0.25, -0.2) is 4.98 Å². The van der Waals surface area contributed by atoms with Crippen LogP contribution in [0, 0.1) is 0 Å². The van der Waals surface area contributed by atoms with E-state index in [1.165, 1.54) is 12.7 Å². The van der Waals surface area contributed by atoms with Crippen LogP contribution in [0.1, 0.15) is 32.1 Å². The lowest BCUT2D eigenvalue weighted by Crippen LogP contribution is -2.45. The molecule has 2 aromatic heterocycles. The number of likely N-dealkylation sites (tertiary alicyclic amines) is 1. The second-order valence-corrected chi connectivity index (χ2v) is 5.73. The zero-order valence-corrected chi connectivity index (χ0v) is 12.7. The van der Waals surface area contributed by atoms with Crippen LogP contribution in [0.15, 0.2) is 31.1 Å². The maximum atomic E-state index is 12.5. The smallest absolute Gasteiger partial charge is 0.222 e. The van der Waals surface area contributed by atoms with E-state index in [1.807, 2.05) is 21.8 Å². The van der Waals surface area contributed by atoms with E-state index in [1.54, 1.807) is 17.2 Å². The van der Waals surface area contributed by atoms with Gasteiger partial charge < -0.3 is 4.90 Å². The lowest BCUT2D eigenvalue weighted by Gasteiger charge is -2.36. The largest absolute Gasteiger partial charge is 0.338 e. The van der Waals surface area contributed by atoms with Crippen molar-refractivity contribution in [1.29, 1.82) is 0 Å². The van der Waals surface area contributed by atoms with E-state index in [2.05, 4.69) is 15.2 Å². The van der Waals surface area contributed by atoms with Crippen molar-refractivity contribution in [3.63, 3.8) is 0 Å². The molecule has 0 saturated carbocycles. The van der Waals surface area contributed by atoms with E-state index >= 15 is 0 Å². The lowest BCUT2D eigenvalue weighted by molar-refractivity contribution is -0.135. The van der Waals surface area contributed by atoms with Gasteiger partial charge in [-0.3, -0.25) is 14.2 Å². The summed E-state index contributed by atoms with van der Waals surface area (Å²) in [6, 6.07) is 2.19. The molecule has 3 rings (SSSR count). The SMILES string of the molecule is O=C(CCCn1cncn1)N1CCCC[C@@H]1Cn1cccn1. The molecule has 0 aromatic carbocycles. The highest BCUT2D eigenvalue weighted by molar-refractivity contribution is 5.76. The Morgan fingerprint density at radius 3 is 2.95 bits per heavy atom. The van der Waals surface area contributed by atoms with Crippen LogP contribution in [0.5, 0.6) is 0 Å². The molecule has 1 atom stereocenters. The van der Waals surface area contributed by atoms with Crippen molar-refractivity contribution < 1.29 is 4.79 Å². The molecule has 0 bridgehead atoms. The maximum absolute atomic E-state index is 12.5. The highest BCUT2D eigenvalue weighted by Gasteiger charge is 2.26. The van der Waals surface area contributed by atoms with Gasteiger partial charge in [-0.1, -0.05) is 0 Å². The van der Waals surface area contributed by atoms with Crippen molar-refractivity contribution in [3.05, 3.63) is 31.1 Å². The number of nitrogens with zero attached hydrogens (tertiary/aromatic N) is 6. The molecule has 0 aliphatic carbocycles. The van der Waals surface area contributed by atoms with Gasteiger partial charge in [-0.2, -0.15) is 10.2 Å². The number of piperidine rings is 1. The van der Waals surface area contributed by atoms with E-state index in [-0.39, 0.29) is 11.9 Å². The van der Waals surface area contributed by atoms with E-state index in [4.69, 9.17) is 0 Å². The summed E-state index contributed by atoms with van der Waals surface area (Å²) in [5, 5.41) is 8.32. The number of hydrogen-bond donors (Lipinski definition) is 0. The molecule has 118 valence electrons. The van der Waals surface area contributed by atoms with Crippen LogP contribution in [-0.2, 0) is 17.9 Å². The fraction of sp³-hybridized carbons (Fsp3) is 0.600. The van der Waals surface area contributed by atoms with Gasteiger partial charge in [0.25, 0.3) is 0 Å². The van der Waals surface area contributed by atoms with Crippen molar-refractivity contribution in [2.45, 2.75) is 51.2 Å². The van der Waals surface area contributed by atoms with E-state index in [0.717, 1.165) is 38.9 Å². The predicted octanol–water partition coefficient (Wildman–Crippen LogP) is 1.34. The Hall–Kier alpha value is -2.18. The van der Waals surface area contributed by atoms with Crippen molar-refractivity contribution in [2.75, 3.05) is 6.54 Å². The van der Waals surface area contributed by atoms with Gasteiger partial charge in [-0.15, -0.1) is 0 Å². The number of aromatic nitrogens is 5. The Labute approximate surface area is 129 Å². The van der Waals surface area contributed by atoms with Crippen molar-refractivity contribution in [1.82, 2.24) is 29.4 Å². The normalized spacial score (nSPS) is 18.5. The second-order valence-electron chi connectivity index (χ2n) is 5.73. The minimum Gasteiger partial charge on any atom is -0.338 e. The first-order valence-electron chi connectivity index (χ1n) is 7.92. The van der Waals surface area contributed by atoms with Crippen LogP contribution in [0.25, 0.3) is 0 Å². The maximum Gasteiger partial charge on any atom is 0.222 e. The van der Waals surface area contributed by atoms with Crippen LogP contribution in [0.4, 0.5) is 0 Å². The summed E-state index contributed by atoms with van der Waals surface area (Å²) in [6.45, 7) is 2.40. The molecule has 1 aliphatic heterocycles. The zero-order chi connectivity index (χ0) is 15.2. The summed E-state index contributed by atoms with van der Waals surface area (Å²) in [5.74, 6) is 0.247. The second kappa shape index (κ2) is 7.20. The van der Waals surface area contributed by atoms with E-state index in [9.17, 15) is 4.79 Å². The monoisotopic (exact) mass is 302 g/mol. The summed E-state index contributed by atoms with van der Waals surface area (Å²) >= 11 is 0. The first-order chi connectivity index (χ1) is 10.8. The molecule has 1 saturated heterocycles. The number of carbonyl (C=O) groups is 1. The average Bonchev–Trinajstić information content (AvgIpc) is 3.21. The van der Waals surface area contributed by atoms with Gasteiger partial charge in [0.2, 0.25) is 5.91 Å². The van der Waals surface area contributed by atoms with E-state index in [0.29, 0.717) is 6.42 Å². The van der Waals surface area contributed by atoms with Crippen molar-refractivity contribution in [2.24, 2.45) is 0 Å². The molecule has 3 heterocycles. The van der Waals surface area contributed by atoms with Gasteiger partial charge in [0.1, 0.15) is 12.7 Å². The highest BCUT2D eigenvalue weighted by Crippen LogP contribution is 2.19. The molecule has 22 heavy (non-hydrogen) atoms. The van der Waals surface area contributed by atoms with Gasteiger partial charge in [0, 0.05) is 31.9 Å².